The van der Waals surface area contributed by atoms with Crippen LogP contribution >= 0.6 is 0 Å². The van der Waals surface area contributed by atoms with Gasteiger partial charge >= 0.3 is 0 Å². The summed E-state index contributed by atoms with van der Waals surface area (Å²) < 4.78 is 24.9. The highest BCUT2D eigenvalue weighted by molar-refractivity contribution is 5.78. The fraction of sp³-hybridized carbons (Fsp3) is 0.611. The van der Waals surface area contributed by atoms with Crippen LogP contribution in [0.1, 0.15) is 31.7 Å². The van der Waals surface area contributed by atoms with Crippen LogP contribution < -0.4 is 0 Å². The highest BCUT2D eigenvalue weighted by atomic mass is 19.1. The van der Waals surface area contributed by atoms with Gasteiger partial charge in [0, 0.05) is 26.1 Å². The van der Waals surface area contributed by atoms with Gasteiger partial charge in [0.05, 0.1) is 24.7 Å². The zero-order chi connectivity index (χ0) is 16.3. The Morgan fingerprint density at radius 2 is 2.22 bits per heavy atom. The van der Waals surface area contributed by atoms with Crippen LogP contribution in [0.5, 0.6) is 0 Å². The van der Waals surface area contributed by atoms with Gasteiger partial charge < -0.3 is 14.4 Å². The van der Waals surface area contributed by atoms with Gasteiger partial charge in [-0.2, -0.15) is 0 Å². The van der Waals surface area contributed by atoms with Crippen LogP contribution in [0.3, 0.4) is 0 Å². The molecule has 2 aliphatic heterocycles. The maximum atomic E-state index is 13.2. The third-order valence-corrected chi connectivity index (χ3v) is 4.85. The van der Waals surface area contributed by atoms with E-state index in [0.717, 1.165) is 24.8 Å². The molecule has 0 aromatic heterocycles. The standard InChI is InChI=1S/C18H24FNO3/c1-2-22-16-12-18(23-13-16)6-8-20(9-7-18)17(21)11-14-4-3-5-15(19)10-14/h3-5,10,16H,2,6-9,11-13H2,1H3/t16-/m0/s1. The first-order valence-electron chi connectivity index (χ1n) is 8.38. The molecule has 1 atom stereocenters. The first kappa shape index (κ1) is 16.4. The Kier molecular flexibility index (Phi) is 4.97. The molecule has 0 radical (unpaired) electrons. The van der Waals surface area contributed by atoms with E-state index in [0.29, 0.717) is 26.3 Å². The van der Waals surface area contributed by atoms with Crippen molar-refractivity contribution in [2.75, 3.05) is 26.3 Å². The van der Waals surface area contributed by atoms with E-state index in [-0.39, 0.29) is 29.9 Å². The number of hydrogen-bond acceptors (Lipinski definition) is 3. The third-order valence-electron chi connectivity index (χ3n) is 4.85. The second-order valence-corrected chi connectivity index (χ2v) is 6.46. The molecular formula is C18H24FNO3. The monoisotopic (exact) mass is 321 g/mol. The number of likely N-dealkylation sites (tertiary alicyclic amines) is 1. The lowest BCUT2D eigenvalue weighted by Gasteiger charge is -2.38. The number of amides is 1. The van der Waals surface area contributed by atoms with E-state index in [1.165, 1.54) is 12.1 Å². The van der Waals surface area contributed by atoms with E-state index in [4.69, 9.17) is 9.47 Å². The fourth-order valence-corrected chi connectivity index (χ4v) is 3.59. The minimum Gasteiger partial charge on any atom is -0.376 e. The Bertz CT molecular complexity index is 555. The maximum Gasteiger partial charge on any atom is 0.226 e. The smallest absolute Gasteiger partial charge is 0.226 e. The number of halogens is 1. The number of hydrogen-bond donors (Lipinski definition) is 0. The molecule has 1 aromatic rings. The summed E-state index contributed by atoms with van der Waals surface area (Å²) in [5.41, 5.74) is 0.610. The Morgan fingerprint density at radius 1 is 1.43 bits per heavy atom. The minimum atomic E-state index is -0.297. The number of piperidine rings is 1. The zero-order valence-electron chi connectivity index (χ0n) is 13.6. The number of carbonyl (C=O) groups is 1. The Hall–Kier alpha value is -1.46. The second-order valence-electron chi connectivity index (χ2n) is 6.46. The van der Waals surface area contributed by atoms with Crippen LogP contribution in [0.4, 0.5) is 4.39 Å². The van der Waals surface area contributed by atoms with Crippen molar-refractivity contribution in [1.29, 1.82) is 0 Å². The number of ether oxygens (including phenoxy) is 2. The highest BCUT2D eigenvalue weighted by Gasteiger charge is 2.43. The third kappa shape index (κ3) is 3.90. The van der Waals surface area contributed by atoms with Crippen LogP contribution in [0, 0.1) is 5.82 Å². The van der Waals surface area contributed by atoms with Crippen molar-refractivity contribution in [1.82, 2.24) is 4.90 Å². The van der Waals surface area contributed by atoms with Crippen LogP contribution in [0.2, 0.25) is 0 Å². The Labute approximate surface area is 136 Å². The molecule has 0 unspecified atom stereocenters. The number of rotatable bonds is 4. The summed E-state index contributed by atoms with van der Waals surface area (Å²) >= 11 is 0. The Balaban J connectivity index is 1.52. The van der Waals surface area contributed by atoms with Crippen LogP contribution in [0.25, 0.3) is 0 Å². The van der Waals surface area contributed by atoms with E-state index in [9.17, 15) is 9.18 Å². The summed E-state index contributed by atoms with van der Waals surface area (Å²) in [4.78, 5) is 14.3. The van der Waals surface area contributed by atoms with Crippen LogP contribution in [-0.4, -0.2) is 48.8 Å². The van der Waals surface area contributed by atoms with Crippen molar-refractivity contribution in [3.05, 3.63) is 35.6 Å². The van der Waals surface area contributed by atoms with Gasteiger partial charge in [-0.3, -0.25) is 4.79 Å². The van der Waals surface area contributed by atoms with Crippen molar-refractivity contribution in [2.24, 2.45) is 0 Å². The molecule has 0 N–H and O–H groups in total. The van der Waals surface area contributed by atoms with Gasteiger partial charge in [-0.15, -0.1) is 0 Å². The van der Waals surface area contributed by atoms with E-state index in [1.807, 2.05) is 11.8 Å². The topological polar surface area (TPSA) is 38.8 Å². The quantitative estimate of drug-likeness (QED) is 0.855. The molecule has 23 heavy (non-hydrogen) atoms. The normalized spacial score (nSPS) is 23.4. The second kappa shape index (κ2) is 6.97. The van der Waals surface area contributed by atoms with Crippen molar-refractivity contribution in [3.63, 3.8) is 0 Å². The molecule has 0 bridgehead atoms. The van der Waals surface area contributed by atoms with Gasteiger partial charge in [-0.05, 0) is 37.5 Å². The molecule has 1 amide bonds. The predicted molar refractivity (Wildman–Crippen MR) is 84.6 cm³/mol. The average Bonchev–Trinajstić information content (AvgIpc) is 2.91. The molecule has 1 spiro atoms. The van der Waals surface area contributed by atoms with Crippen LogP contribution in [-0.2, 0) is 20.7 Å². The molecule has 5 heteroatoms. The highest BCUT2D eigenvalue weighted by Crippen LogP contribution is 2.37. The van der Waals surface area contributed by atoms with Gasteiger partial charge in [-0.25, -0.2) is 4.39 Å². The molecule has 126 valence electrons. The number of benzene rings is 1. The summed E-state index contributed by atoms with van der Waals surface area (Å²) in [5.74, 6) is -0.237. The zero-order valence-corrected chi connectivity index (χ0v) is 13.6. The van der Waals surface area contributed by atoms with Gasteiger partial charge in [0.25, 0.3) is 0 Å². The first-order chi connectivity index (χ1) is 11.1. The summed E-state index contributed by atoms with van der Waals surface area (Å²) in [5, 5.41) is 0. The lowest BCUT2D eigenvalue weighted by Crippen LogP contribution is -2.47. The van der Waals surface area contributed by atoms with Crippen molar-refractivity contribution in [3.8, 4) is 0 Å². The number of nitrogens with zero attached hydrogens (tertiary/aromatic N) is 1. The van der Waals surface area contributed by atoms with Gasteiger partial charge in [0.1, 0.15) is 5.82 Å². The van der Waals surface area contributed by atoms with Gasteiger partial charge in [0.15, 0.2) is 0 Å². The molecule has 1 aromatic carbocycles. The number of carbonyl (C=O) groups excluding carboxylic acids is 1. The molecule has 3 rings (SSSR count). The largest absolute Gasteiger partial charge is 0.376 e. The van der Waals surface area contributed by atoms with E-state index < -0.39 is 0 Å². The maximum absolute atomic E-state index is 13.2. The lowest BCUT2D eigenvalue weighted by atomic mass is 9.87. The minimum absolute atomic E-state index is 0.0600. The van der Waals surface area contributed by atoms with E-state index in [1.54, 1.807) is 12.1 Å². The average molecular weight is 321 g/mol. The molecule has 4 nitrogen and oxygen atoms in total. The summed E-state index contributed by atoms with van der Waals surface area (Å²) in [6, 6.07) is 6.25. The SMILES string of the molecule is CCO[C@@H]1COC2(CCN(C(=O)Cc3cccc(F)c3)CC2)C1. The molecule has 0 saturated carbocycles. The van der Waals surface area contributed by atoms with E-state index >= 15 is 0 Å². The molecule has 2 fully saturated rings. The fourth-order valence-electron chi connectivity index (χ4n) is 3.59. The van der Waals surface area contributed by atoms with Crippen molar-refractivity contribution >= 4 is 5.91 Å². The molecule has 2 heterocycles. The summed E-state index contributed by atoms with van der Waals surface area (Å²) in [6.45, 7) is 4.77. The van der Waals surface area contributed by atoms with Gasteiger partial charge in [-0.1, -0.05) is 12.1 Å². The predicted octanol–water partition coefficient (Wildman–Crippen LogP) is 2.55. The molecular weight excluding hydrogens is 297 g/mol. The Morgan fingerprint density at radius 3 is 2.91 bits per heavy atom. The van der Waals surface area contributed by atoms with Gasteiger partial charge in [0.2, 0.25) is 5.91 Å². The van der Waals surface area contributed by atoms with Crippen molar-refractivity contribution in [2.45, 2.75) is 44.3 Å². The van der Waals surface area contributed by atoms with Crippen LogP contribution in [0.15, 0.2) is 24.3 Å². The lowest BCUT2D eigenvalue weighted by molar-refractivity contribution is -0.135. The molecule has 2 aliphatic rings. The van der Waals surface area contributed by atoms with E-state index in [2.05, 4.69) is 0 Å². The van der Waals surface area contributed by atoms with Crippen molar-refractivity contribution < 1.29 is 18.7 Å². The molecule has 0 aliphatic carbocycles. The first-order valence-corrected chi connectivity index (χ1v) is 8.38. The summed E-state index contributed by atoms with van der Waals surface area (Å²) in [6.07, 6.45) is 3.08. The molecule has 2 saturated heterocycles. The summed E-state index contributed by atoms with van der Waals surface area (Å²) in [7, 11) is 0.